The van der Waals surface area contributed by atoms with Gasteiger partial charge in [0.1, 0.15) is 0 Å². The standard InChI is InChI=1S/C14H25N3O2S/c1-3-5-6-7-8-9-10-14(4-2,13-16)20(18,19)17-12-11-15/h17H,3-10,12H2,1-2H3. The molecule has 20 heavy (non-hydrogen) atoms. The number of hydrogen-bond donors (Lipinski definition) is 1. The van der Waals surface area contributed by atoms with Crippen molar-refractivity contribution in [2.24, 2.45) is 0 Å². The summed E-state index contributed by atoms with van der Waals surface area (Å²) in [6.45, 7) is 3.55. The Balaban J connectivity index is 4.55. The minimum Gasteiger partial charge on any atom is -0.211 e. The Kier molecular flexibility index (Phi) is 9.20. The van der Waals surface area contributed by atoms with Crippen molar-refractivity contribution < 1.29 is 8.42 Å². The molecule has 0 aromatic heterocycles. The van der Waals surface area contributed by atoms with E-state index in [1.54, 1.807) is 13.0 Å². The van der Waals surface area contributed by atoms with Crippen molar-refractivity contribution >= 4 is 10.0 Å². The molecule has 114 valence electrons. The number of sulfonamides is 1. The summed E-state index contributed by atoms with van der Waals surface area (Å²) < 4.78 is 25.1. The van der Waals surface area contributed by atoms with Crippen LogP contribution in [0.5, 0.6) is 0 Å². The largest absolute Gasteiger partial charge is 0.231 e. The van der Waals surface area contributed by atoms with E-state index in [0.717, 1.165) is 25.7 Å². The van der Waals surface area contributed by atoms with Gasteiger partial charge in [0.25, 0.3) is 0 Å². The van der Waals surface area contributed by atoms with Crippen molar-refractivity contribution in [1.82, 2.24) is 4.72 Å². The topological polar surface area (TPSA) is 93.8 Å². The number of nitrogens with zero attached hydrogens (tertiary/aromatic N) is 2. The number of hydrogen-bond acceptors (Lipinski definition) is 4. The zero-order valence-corrected chi connectivity index (χ0v) is 13.3. The van der Waals surface area contributed by atoms with Crippen LogP contribution in [0.2, 0.25) is 0 Å². The summed E-state index contributed by atoms with van der Waals surface area (Å²) in [5.41, 5.74) is 0. The summed E-state index contributed by atoms with van der Waals surface area (Å²) >= 11 is 0. The van der Waals surface area contributed by atoms with E-state index in [0.29, 0.717) is 6.42 Å². The van der Waals surface area contributed by atoms with Crippen LogP contribution in [-0.2, 0) is 10.0 Å². The van der Waals surface area contributed by atoms with Gasteiger partial charge in [-0.3, -0.25) is 0 Å². The van der Waals surface area contributed by atoms with Gasteiger partial charge >= 0.3 is 0 Å². The van der Waals surface area contributed by atoms with Crippen LogP contribution in [0, 0.1) is 22.7 Å². The Labute approximate surface area is 123 Å². The molecule has 6 heteroatoms. The molecule has 0 spiro atoms. The monoisotopic (exact) mass is 299 g/mol. The zero-order valence-electron chi connectivity index (χ0n) is 12.5. The third-order valence-corrected chi connectivity index (χ3v) is 5.70. The maximum absolute atomic E-state index is 12.2. The highest BCUT2D eigenvalue weighted by Crippen LogP contribution is 2.27. The molecule has 5 nitrogen and oxygen atoms in total. The van der Waals surface area contributed by atoms with E-state index in [2.05, 4.69) is 11.6 Å². The number of nitriles is 2. The predicted molar refractivity (Wildman–Crippen MR) is 79.2 cm³/mol. The van der Waals surface area contributed by atoms with Gasteiger partial charge in [-0.1, -0.05) is 52.4 Å². The fourth-order valence-corrected chi connectivity index (χ4v) is 3.60. The van der Waals surface area contributed by atoms with Crippen LogP contribution < -0.4 is 4.72 Å². The first-order valence-corrected chi connectivity index (χ1v) is 8.75. The van der Waals surface area contributed by atoms with Crippen LogP contribution in [-0.4, -0.2) is 19.7 Å². The molecule has 1 unspecified atom stereocenters. The maximum Gasteiger partial charge on any atom is 0.231 e. The second kappa shape index (κ2) is 9.74. The predicted octanol–water partition coefficient (Wildman–Crippen LogP) is 2.85. The second-order valence-corrected chi connectivity index (χ2v) is 7.04. The summed E-state index contributed by atoms with van der Waals surface area (Å²) in [4.78, 5) is 0. The summed E-state index contributed by atoms with van der Waals surface area (Å²) in [6, 6.07) is 3.69. The highest BCUT2D eigenvalue weighted by molar-refractivity contribution is 7.91. The molecular weight excluding hydrogens is 274 g/mol. The van der Waals surface area contributed by atoms with Crippen molar-refractivity contribution in [1.29, 1.82) is 10.5 Å². The maximum atomic E-state index is 12.2. The number of unbranched alkanes of at least 4 members (excludes halogenated alkanes) is 5. The van der Waals surface area contributed by atoms with Crippen molar-refractivity contribution in [2.45, 2.75) is 70.0 Å². The van der Waals surface area contributed by atoms with Crippen LogP contribution in [0.4, 0.5) is 0 Å². The van der Waals surface area contributed by atoms with Crippen LogP contribution in [0.15, 0.2) is 0 Å². The van der Waals surface area contributed by atoms with Crippen LogP contribution in [0.3, 0.4) is 0 Å². The quantitative estimate of drug-likeness (QED) is 0.469. The molecule has 0 aliphatic heterocycles. The molecule has 1 N–H and O–H groups in total. The molecule has 0 aromatic rings. The lowest BCUT2D eigenvalue weighted by molar-refractivity contribution is 0.493. The fraction of sp³-hybridized carbons (Fsp3) is 0.857. The van der Waals surface area contributed by atoms with Gasteiger partial charge in [0, 0.05) is 0 Å². The van der Waals surface area contributed by atoms with Crippen LogP contribution in [0.25, 0.3) is 0 Å². The lowest BCUT2D eigenvalue weighted by atomic mass is 9.98. The van der Waals surface area contributed by atoms with Gasteiger partial charge in [-0.15, -0.1) is 0 Å². The van der Waals surface area contributed by atoms with Crippen LogP contribution in [0.1, 0.15) is 65.2 Å². The van der Waals surface area contributed by atoms with Crippen molar-refractivity contribution in [3.8, 4) is 12.1 Å². The van der Waals surface area contributed by atoms with Gasteiger partial charge < -0.3 is 0 Å². The van der Waals surface area contributed by atoms with E-state index < -0.39 is 14.8 Å². The molecule has 0 saturated carbocycles. The first-order valence-electron chi connectivity index (χ1n) is 7.27. The minimum atomic E-state index is -3.78. The molecule has 0 heterocycles. The van der Waals surface area contributed by atoms with E-state index in [4.69, 9.17) is 5.26 Å². The Morgan fingerprint density at radius 2 is 1.65 bits per heavy atom. The normalized spacial score (nSPS) is 14.2. The van der Waals surface area contributed by atoms with Gasteiger partial charge in [0.15, 0.2) is 4.75 Å². The Morgan fingerprint density at radius 1 is 1.05 bits per heavy atom. The molecule has 0 radical (unpaired) electrons. The second-order valence-electron chi connectivity index (χ2n) is 4.96. The summed E-state index contributed by atoms with van der Waals surface area (Å²) in [6.07, 6.45) is 6.82. The van der Waals surface area contributed by atoms with Gasteiger partial charge in [-0.25, -0.2) is 8.42 Å². The molecule has 0 bridgehead atoms. The van der Waals surface area contributed by atoms with Crippen molar-refractivity contribution in [3.63, 3.8) is 0 Å². The Hall–Kier alpha value is -1.11. The fourth-order valence-electron chi connectivity index (χ4n) is 2.15. The smallest absolute Gasteiger partial charge is 0.211 e. The number of nitrogens with one attached hydrogen (secondary N) is 1. The van der Waals surface area contributed by atoms with E-state index in [-0.39, 0.29) is 13.0 Å². The Morgan fingerprint density at radius 3 is 2.15 bits per heavy atom. The van der Waals surface area contributed by atoms with Gasteiger partial charge in [-0.2, -0.15) is 15.2 Å². The molecular formula is C14H25N3O2S. The van der Waals surface area contributed by atoms with Crippen molar-refractivity contribution in [3.05, 3.63) is 0 Å². The van der Waals surface area contributed by atoms with E-state index in [1.807, 2.05) is 6.07 Å². The first kappa shape index (κ1) is 18.9. The van der Waals surface area contributed by atoms with E-state index in [1.165, 1.54) is 12.8 Å². The average molecular weight is 299 g/mol. The molecule has 0 aliphatic rings. The summed E-state index contributed by atoms with van der Waals surface area (Å²) in [5.74, 6) is 0. The highest BCUT2D eigenvalue weighted by Gasteiger charge is 2.41. The molecule has 0 aromatic carbocycles. The SMILES string of the molecule is CCCCCCCCC(C#N)(CC)S(=O)(=O)NCC#N. The molecule has 1 atom stereocenters. The lowest BCUT2D eigenvalue weighted by Crippen LogP contribution is -2.45. The average Bonchev–Trinajstić information content (AvgIpc) is 2.44. The lowest BCUT2D eigenvalue weighted by Gasteiger charge is -2.24. The van der Waals surface area contributed by atoms with Gasteiger partial charge in [0.05, 0.1) is 18.7 Å². The van der Waals surface area contributed by atoms with E-state index >= 15 is 0 Å². The highest BCUT2D eigenvalue weighted by atomic mass is 32.2. The molecule has 0 aliphatic carbocycles. The molecule has 0 saturated heterocycles. The summed E-state index contributed by atoms with van der Waals surface area (Å²) in [5, 5.41) is 17.8. The minimum absolute atomic E-state index is 0.235. The third kappa shape index (κ3) is 5.48. The van der Waals surface area contributed by atoms with Gasteiger partial charge in [-0.05, 0) is 12.8 Å². The third-order valence-electron chi connectivity index (χ3n) is 3.56. The first-order chi connectivity index (χ1) is 9.49. The van der Waals surface area contributed by atoms with Gasteiger partial charge in [0.2, 0.25) is 10.0 Å². The molecule has 0 amide bonds. The van der Waals surface area contributed by atoms with Crippen LogP contribution >= 0.6 is 0 Å². The summed E-state index contributed by atoms with van der Waals surface area (Å²) in [7, 11) is -3.78. The van der Waals surface area contributed by atoms with Crippen molar-refractivity contribution in [2.75, 3.05) is 6.54 Å². The molecule has 0 rings (SSSR count). The molecule has 0 fully saturated rings. The zero-order chi connectivity index (χ0) is 15.5. The Bertz CT molecular complexity index is 448. The number of rotatable bonds is 11. The van der Waals surface area contributed by atoms with E-state index in [9.17, 15) is 13.7 Å².